The van der Waals surface area contributed by atoms with Crippen LogP contribution in [0.5, 0.6) is 0 Å². The van der Waals surface area contributed by atoms with E-state index < -0.39 is 9.85 Å². The van der Waals surface area contributed by atoms with Gasteiger partial charge in [-0.2, -0.15) is 0 Å². The van der Waals surface area contributed by atoms with Gasteiger partial charge >= 0.3 is 11.6 Å². The van der Waals surface area contributed by atoms with Crippen LogP contribution in [0.3, 0.4) is 0 Å². The lowest BCUT2D eigenvalue weighted by atomic mass is 10.3. The standard InChI is InChI=1S/C16H26N8O4/c1-13-18-11-15(23(25)26)21(13)9-7-20(6-4-3-5-17)8-10-22-14(2)19-12-16(22)24(27)28/h11-12H,3-10,17H2,1-2H3. The quantitative estimate of drug-likeness (QED) is 0.321. The fourth-order valence-corrected chi connectivity index (χ4v) is 3.05. The van der Waals surface area contributed by atoms with Crippen molar-refractivity contribution < 1.29 is 9.85 Å². The highest BCUT2D eigenvalue weighted by Gasteiger charge is 2.20. The Bertz CT molecular complexity index is 753. The van der Waals surface area contributed by atoms with Gasteiger partial charge in [0.2, 0.25) is 0 Å². The monoisotopic (exact) mass is 394 g/mol. The molecule has 0 aromatic carbocycles. The highest BCUT2D eigenvalue weighted by molar-refractivity contribution is 5.19. The van der Waals surface area contributed by atoms with Gasteiger partial charge in [-0.15, -0.1) is 0 Å². The van der Waals surface area contributed by atoms with Crippen LogP contribution in [0.2, 0.25) is 0 Å². The van der Waals surface area contributed by atoms with E-state index in [1.807, 2.05) is 0 Å². The first-order valence-electron chi connectivity index (χ1n) is 9.10. The van der Waals surface area contributed by atoms with Gasteiger partial charge in [-0.25, -0.2) is 19.1 Å². The average Bonchev–Trinajstić information content (AvgIpc) is 3.20. The molecule has 0 fully saturated rings. The zero-order valence-corrected chi connectivity index (χ0v) is 16.2. The lowest BCUT2D eigenvalue weighted by molar-refractivity contribution is -0.392. The lowest BCUT2D eigenvalue weighted by Crippen LogP contribution is -2.32. The lowest BCUT2D eigenvalue weighted by Gasteiger charge is -2.21. The van der Waals surface area contributed by atoms with Gasteiger partial charge in [0.1, 0.15) is 25.5 Å². The third-order valence-electron chi connectivity index (χ3n) is 4.65. The molecule has 2 aromatic rings. The molecule has 0 aliphatic rings. The first-order valence-corrected chi connectivity index (χ1v) is 9.10. The number of nitro groups is 2. The van der Waals surface area contributed by atoms with E-state index in [1.165, 1.54) is 12.4 Å². The Labute approximate surface area is 162 Å². The van der Waals surface area contributed by atoms with E-state index >= 15 is 0 Å². The first-order chi connectivity index (χ1) is 13.3. The first kappa shape index (κ1) is 21.4. The minimum absolute atomic E-state index is 0.0412. The largest absolute Gasteiger partial charge is 0.358 e. The zero-order chi connectivity index (χ0) is 20.7. The molecular weight excluding hydrogens is 368 g/mol. The summed E-state index contributed by atoms with van der Waals surface area (Å²) in [4.78, 5) is 31.6. The number of unbranched alkanes of at least 4 members (excludes halogenated alkanes) is 1. The molecule has 0 amide bonds. The number of nitrogens with two attached hydrogens (primary N) is 1. The molecule has 0 aliphatic heterocycles. The van der Waals surface area contributed by atoms with Gasteiger partial charge in [-0.05, 0) is 35.8 Å². The van der Waals surface area contributed by atoms with Gasteiger partial charge < -0.3 is 26.0 Å². The SMILES string of the molecule is Cc1ncc([N+](=O)[O-])n1CCN(CCCCN)CCn1c([N+](=O)[O-])cnc1C. The summed E-state index contributed by atoms with van der Waals surface area (Å²) in [6.45, 7) is 6.74. The molecule has 12 nitrogen and oxygen atoms in total. The van der Waals surface area contributed by atoms with Crippen molar-refractivity contribution in [2.45, 2.75) is 39.8 Å². The summed E-state index contributed by atoms with van der Waals surface area (Å²) in [5, 5.41) is 22.3. The van der Waals surface area contributed by atoms with Gasteiger partial charge in [-0.1, -0.05) is 0 Å². The van der Waals surface area contributed by atoms with Crippen LogP contribution in [-0.4, -0.2) is 60.0 Å². The second-order valence-electron chi connectivity index (χ2n) is 6.48. The minimum atomic E-state index is -0.447. The summed E-state index contributed by atoms with van der Waals surface area (Å²) >= 11 is 0. The number of nitrogens with zero attached hydrogens (tertiary/aromatic N) is 7. The molecular formula is C16H26N8O4. The van der Waals surface area contributed by atoms with E-state index in [9.17, 15) is 20.2 Å². The molecule has 0 radical (unpaired) electrons. The van der Waals surface area contributed by atoms with Crippen LogP contribution in [0.25, 0.3) is 0 Å². The summed E-state index contributed by atoms with van der Waals surface area (Å²) in [5.74, 6) is 1.07. The van der Waals surface area contributed by atoms with Crippen molar-refractivity contribution >= 4 is 11.6 Å². The smallest absolute Gasteiger partial charge is 0.342 e. The van der Waals surface area contributed by atoms with Crippen LogP contribution in [-0.2, 0) is 13.1 Å². The Morgan fingerprint density at radius 3 is 1.79 bits per heavy atom. The maximum Gasteiger partial charge on any atom is 0.342 e. The predicted molar refractivity (Wildman–Crippen MR) is 102 cm³/mol. The molecule has 0 saturated heterocycles. The molecule has 0 aliphatic carbocycles. The molecule has 2 heterocycles. The van der Waals surface area contributed by atoms with Crippen molar-refractivity contribution in [3.05, 3.63) is 44.3 Å². The highest BCUT2D eigenvalue weighted by atomic mass is 16.6. The van der Waals surface area contributed by atoms with Crippen molar-refractivity contribution in [3.8, 4) is 0 Å². The normalized spacial score (nSPS) is 11.3. The van der Waals surface area contributed by atoms with E-state index in [4.69, 9.17) is 5.73 Å². The van der Waals surface area contributed by atoms with Gasteiger partial charge in [0, 0.05) is 26.9 Å². The third-order valence-corrected chi connectivity index (χ3v) is 4.65. The summed E-state index contributed by atoms with van der Waals surface area (Å²) in [7, 11) is 0. The second kappa shape index (κ2) is 9.90. The predicted octanol–water partition coefficient (Wildman–Crippen LogP) is 1.25. The van der Waals surface area contributed by atoms with Crippen molar-refractivity contribution in [3.63, 3.8) is 0 Å². The molecule has 2 aromatic heterocycles. The molecule has 0 saturated carbocycles. The second-order valence-corrected chi connectivity index (χ2v) is 6.48. The number of aryl methyl sites for hydroxylation is 2. The molecule has 2 N–H and O–H groups in total. The van der Waals surface area contributed by atoms with Crippen LogP contribution in [0.15, 0.2) is 12.4 Å². The van der Waals surface area contributed by atoms with Crippen LogP contribution in [0.4, 0.5) is 11.6 Å². The van der Waals surface area contributed by atoms with Crippen molar-refractivity contribution in [2.75, 3.05) is 26.2 Å². The van der Waals surface area contributed by atoms with Gasteiger partial charge in [-0.3, -0.25) is 4.90 Å². The van der Waals surface area contributed by atoms with Gasteiger partial charge in [0.15, 0.2) is 11.6 Å². The van der Waals surface area contributed by atoms with E-state index in [1.54, 1.807) is 23.0 Å². The number of hydrogen-bond acceptors (Lipinski definition) is 8. The van der Waals surface area contributed by atoms with E-state index in [2.05, 4.69) is 14.9 Å². The molecule has 0 bridgehead atoms. The van der Waals surface area contributed by atoms with E-state index in [0.29, 0.717) is 44.4 Å². The molecule has 0 atom stereocenters. The minimum Gasteiger partial charge on any atom is -0.358 e. The summed E-state index contributed by atoms with van der Waals surface area (Å²) in [6.07, 6.45) is 4.26. The number of hydrogen-bond donors (Lipinski definition) is 1. The van der Waals surface area contributed by atoms with E-state index in [-0.39, 0.29) is 11.6 Å². The Morgan fingerprint density at radius 2 is 1.39 bits per heavy atom. The Kier molecular flexibility index (Phi) is 7.58. The Balaban J connectivity index is 2.06. The number of rotatable bonds is 12. The zero-order valence-electron chi connectivity index (χ0n) is 16.2. The van der Waals surface area contributed by atoms with Crippen LogP contribution in [0.1, 0.15) is 24.5 Å². The van der Waals surface area contributed by atoms with Crippen molar-refractivity contribution in [1.29, 1.82) is 0 Å². The van der Waals surface area contributed by atoms with E-state index in [0.717, 1.165) is 19.4 Å². The van der Waals surface area contributed by atoms with Gasteiger partial charge in [0.05, 0.1) is 0 Å². The van der Waals surface area contributed by atoms with Crippen molar-refractivity contribution in [1.82, 2.24) is 24.0 Å². The topological polar surface area (TPSA) is 151 Å². The Morgan fingerprint density at radius 1 is 0.929 bits per heavy atom. The summed E-state index contributed by atoms with van der Waals surface area (Å²) < 4.78 is 3.14. The average molecular weight is 394 g/mol. The van der Waals surface area contributed by atoms with Crippen LogP contribution >= 0.6 is 0 Å². The maximum absolute atomic E-state index is 11.2. The Hall–Kier alpha value is -2.86. The van der Waals surface area contributed by atoms with Crippen molar-refractivity contribution in [2.24, 2.45) is 5.73 Å². The fraction of sp³-hybridized carbons (Fsp3) is 0.625. The molecule has 154 valence electrons. The number of imidazole rings is 2. The molecule has 12 heteroatoms. The summed E-state index contributed by atoms with van der Waals surface area (Å²) in [5.41, 5.74) is 5.57. The van der Waals surface area contributed by atoms with Crippen LogP contribution in [0, 0.1) is 34.1 Å². The van der Waals surface area contributed by atoms with Crippen LogP contribution < -0.4 is 5.73 Å². The van der Waals surface area contributed by atoms with Gasteiger partial charge in [0.25, 0.3) is 0 Å². The fourth-order valence-electron chi connectivity index (χ4n) is 3.05. The maximum atomic E-state index is 11.2. The molecule has 28 heavy (non-hydrogen) atoms. The summed E-state index contributed by atoms with van der Waals surface area (Å²) in [6, 6.07) is 0. The molecule has 2 rings (SSSR count). The highest BCUT2D eigenvalue weighted by Crippen LogP contribution is 2.15. The third kappa shape index (κ3) is 5.33. The molecule has 0 spiro atoms. The molecule has 0 unspecified atom stereocenters. The number of aromatic nitrogens is 4.